The lowest BCUT2D eigenvalue weighted by Gasteiger charge is -2.15. The minimum Gasteiger partial charge on any atom is -0.480 e. The molecule has 2 N–H and O–H groups in total. The lowest BCUT2D eigenvalue weighted by Crippen LogP contribution is -2.18. The predicted molar refractivity (Wildman–Crippen MR) is 122 cm³/mol. The van der Waals surface area contributed by atoms with Crippen LogP contribution in [0.5, 0.6) is 5.88 Å². The van der Waals surface area contributed by atoms with Crippen LogP contribution in [-0.2, 0) is 22.9 Å². The van der Waals surface area contributed by atoms with Crippen molar-refractivity contribution < 1.29 is 17.9 Å². The highest BCUT2D eigenvalue weighted by Crippen LogP contribution is 2.32. The molecule has 2 aromatic heterocycles. The van der Waals surface area contributed by atoms with E-state index in [1.807, 2.05) is 37.4 Å². The highest BCUT2D eigenvalue weighted by Gasteiger charge is 2.25. The lowest BCUT2D eigenvalue weighted by atomic mass is 10.1. The van der Waals surface area contributed by atoms with E-state index in [0.717, 1.165) is 36.0 Å². The first-order chi connectivity index (χ1) is 14.8. The topological polar surface area (TPSA) is 97.4 Å². The molecule has 3 aromatic rings. The highest BCUT2D eigenvalue weighted by atomic mass is 32.2. The number of amides is 1. The van der Waals surface area contributed by atoms with Gasteiger partial charge in [-0.25, -0.2) is 13.4 Å². The number of ether oxygens (including phenoxy) is 1. The summed E-state index contributed by atoms with van der Waals surface area (Å²) in [4.78, 5) is 18.0. The predicted octanol–water partition coefficient (Wildman–Crippen LogP) is 4.31. The Labute approximate surface area is 185 Å². The van der Waals surface area contributed by atoms with Crippen LogP contribution in [0.4, 0.5) is 11.4 Å². The molecule has 1 aromatic carbocycles. The first kappa shape index (κ1) is 21.3. The monoisotopic (exact) mass is 457 g/mol. The number of carbonyl (C=O) groups excluding carboxylic acids is 1. The summed E-state index contributed by atoms with van der Waals surface area (Å²) in [5.41, 5.74) is 4.12. The summed E-state index contributed by atoms with van der Waals surface area (Å²) in [6, 6.07) is 6.89. The molecule has 0 radical (unpaired) electrons. The molecule has 0 fully saturated rings. The van der Waals surface area contributed by atoms with Gasteiger partial charge in [-0.1, -0.05) is 18.2 Å². The number of anilines is 2. The van der Waals surface area contributed by atoms with Crippen LogP contribution in [0.1, 0.15) is 38.3 Å². The Morgan fingerprint density at radius 3 is 2.65 bits per heavy atom. The minimum atomic E-state index is -4.01. The number of sulfonamides is 1. The number of aryl methyl sites for hydroxylation is 3. The summed E-state index contributed by atoms with van der Waals surface area (Å²) in [6.45, 7) is 3.66. The fraction of sp³-hybridized carbons (Fsp3) is 0.273. The van der Waals surface area contributed by atoms with Crippen molar-refractivity contribution >= 4 is 38.6 Å². The van der Waals surface area contributed by atoms with Crippen LogP contribution >= 0.6 is 11.3 Å². The van der Waals surface area contributed by atoms with E-state index in [1.165, 1.54) is 24.3 Å². The first-order valence-corrected chi connectivity index (χ1v) is 12.2. The number of rotatable bonds is 6. The summed E-state index contributed by atoms with van der Waals surface area (Å²) in [5.74, 6) is -0.314. The van der Waals surface area contributed by atoms with Crippen LogP contribution < -0.4 is 14.8 Å². The molecule has 0 saturated heterocycles. The van der Waals surface area contributed by atoms with Crippen LogP contribution in [-0.4, -0.2) is 26.4 Å². The third-order valence-corrected chi connectivity index (χ3v) is 7.77. The van der Waals surface area contributed by atoms with E-state index >= 15 is 0 Å². The zero-order valence-corrected chi connectivity index (χ0v) is 19.1. The van der Waals surface area contributed by atoms with E-state index in [0.29, 0.717) is 11.3 Å². The molecule has 0 aliphatic heterocycles. The highest BCUT2D eigenvalue weighted by molar-refractivity contribution is 7.92. The molecule has 0 spiro atoms. The van der Waals surface area contributed by atoms with Crippen molar-refractivity contribution in [3.05, 3.63) is 63.0 Å². The fourth-order valence-corrected chi connectivity index (χ4v) is 6.21. The number of para-hydroxylation sites is 1. The van der Waals surface area contributed by atoms with Crippen LogP contribution in [0.15, 0.2) is 40.7 Å². The van der Waals surface area contributed by atoms with Gasteiger partial charge in [-0.2, -0.15) is 0 Å². The summed E-state index contributed by atoms with van der Waals surface area (Å²) in [5, 5.41) is 4.64. The average molecular weight is 458 g/mol. The molecule has 1 amide bonds. The second kappa shape index (κ2) is 8.32. The first-order valence-electron chi connectivity index (χ1n) is 9.84. The number of methoxy groups -OCH3 is 1. The van der Waals surface area contributed by atoms with Crippen LogP contribution in [0.3, 0.4) is 0 Å². The Morgan fingerprint density at radius 1 is 1.19 bits per heavy atom. The molecule has 162 valence electrons. The van der Waals surface area contributed by atoms with Crippen molar-refractivity contribution in [3.8, 4) is 5.88 Å². The van der Waals surface area contributed by atoms with Gasteiger partial charge in [-0.15, -0.1) is 11.3 Å². The van der Waals surface area contributed by atoms with Gasteiger partial charge in [-0.3, -0.25) is 9.52 Å². The maximum atomic E-state index is 13.2. The molecule has 2 heterocycles. The smallest absolute Gasteiger partial charge is 0.267 e. The largest absolute Gasteiger partial charge is 0.480 e. The van der Waals surface area contributed by atoms with Gasteiger partial charge in [0, 0.05) is 10.3 Å². The van der Waals surface area contributed by atoms with Gasteiger partial charge < -0.3 is 10.1 Å². The lowest BCUT2D eigenvalue weighted by molar-refractivity contribution is 0.102. The van der Waals surface area contributed by atoms with Crippen LogP contribution in [0.25, 0.3) is 0 Å². The maximum Gasteiger partial charge on any atom is 0.267 e. The number of nitrogens with one attached hydrogen (secondary N) is 2. The number of pyridine rings is 1. The van der Waals surface area contributed by atoms with Crippen LogP contribution in [0.2, 0.25) is 0 Å². The summed E-state index contributed by atoms with van der Waals surface area (Å²) in [7, 11) is -2.66. The van der Waals surface area contributed by atoms with E-state index in [1.54, 1.807) is 11.3 Å². The van der Waals surface area contributed by atoms with E-state index in [9.17, 15) is 13.2 Å². The van der Waals surface area contributed by atoms with Gasteiger partial charge in [0.1, 0.15) is 0 Å². The molecule has 9 heteroatoms. The number of hydrogen-bond donors (Lipinski definition) is 2. The Morgan fingerprint density at radius 2 is 1.94 bits per heavy atom. The second-order valence-electron chi connectivity index (χ2n) is 7.46. The zero-order chi connectivity index (χ0) is 22.2. The summed E-state index contributed by atoms with van der Waals surface area (Å²) >= 11 is 1.59. The number of fused-ring (bicyclic) bond motifs is 1. The maximum absolute atomic E-state index is 13.2. The third-order valence-electron chi connectivity index (χ3n) is 5.33. The van der Waals surface area contributed by atoms with Crippen molar-refractivity contribution in [1.82, 2.24) is 4.98 Å². The number of benzene rings is 1. The van der Waals surface area contributed by atoms with Gasteiger partial charge in [0.2, 0.25) is 5.88 Å². The molecule has 0 atom stereocenters. The standard InChI is InChI=1S/C22H23N3O4S2/c1-13-6-4-7-14(2)20(13)25-31(27,28)19-10-15(11-23-22(19)29-3)24-21(26)17-12-30-18-9-5-8-16(17)18/h4,6-7,10-12,25H,5,8-9H2,1-3H3,(H,24,26). The molecule has 7 nitrogen and oxygen atoms in total. The SMILES string of the molecule is COc1ncc(NC(=O)c2csc3c2CCC3)cc1S(=O)(=O)Nc1c(C)cccc1C. The molecule has 1 aliphatic rings. The molecule has 0 unspecified atom stereocenters. The molecule has 0 bridgehead atoms. The molecular weight excluding hydrogens is 434 g/mol. The van der Waals surface area contributed by atoms with Crippen molar-refractivity contribution in [2.45, 2.75) is 38.0 Å². The van der Waals surface area contributed by atoms with Crippen molar-refractivity contribution in [1.29, 1.82) is 0 Å². The molecule has 4 rings (SSSR count). The van der Waals surface area contributed by atoms with E-state index in [4.69, 9.17) is 4.74 Å². The Kier molecular flexibility index (Phi) is 5.72. The number of carbonyl (C=O) groups is 1. The van der Waals surface area contributed by atoms with Crippen molar-refractivity contribution in [3.63, 3.8) is 0 Å². The molecule has 1 aliphatic carbocycles. The second-order valence-corrected chi connectivity index (χ2v) is 10.1. The summed E-state index contributed by atoms with van der Waals surface area (Å²) in [6.07, 6.45) is 4.34. The Hall–Kier alpha value is -2.91. The molecular formula is C22H23N3O4S2. The fourth-order valence-electron chi connectivity index (χ4n) is 3.73. The average Bonchev–Trinajstić information content (AvgIpc) is 3.34. The van der Waals surface area contributed by atoms with E-state index < -0.39 is 10.0 Å². The summed E-state index contributed by atoms with van der Waals surface area (Å²) < 4.78 is 34.1. The number of nitrogens with zero attached hydrogens (tertiary/aromatic N) is 1. The van der Waals surface area contributed by atoms with E-state index in [-0.39, 0.29) is 22.4 Å². The van der Waals surface area contributed by atoms with Gasteiger partial charge in [0.05, 0.1) is 30.2 Å². The Bertz CT molecular complexity index is 1250. The normalized spacial score (nSPS) is 13.0. The Balaban J connectivity index is 1.65. The third kappa shape index (κ3) is 4.15. The van der Waals surface area contributed by atoms with Crippen molar-refractivity contribution in [2.24, 2.45) is 0 Å². The number of thiophene rings is 1. The van der Waals surface area contributed by atoms with Gasteiger partial charge in [-0.05, 0) is 55.9 Å². The van der Waals surface area contributed by atoms with Gasteiger partial charge >= 0.3 is 0 Å². The molecule has 31 heavy (non-hydrogen) atoms. The van der Waals surface area contributed by atoms with Gasteiger partial charge in [0.25, 0.3) is 15.9 Å². The minimum absolute atomic E-state index is 0.0480. The van der Waals surface area contributed by atoms with Crippen LogP contribution in [0, 0.1) is 13.8 Å². The quantitative estimate of drug-likeness (QED) is 0.575. The zero-order valence-electron chi connectivity index (χ0n) is 17.5. The molecule has 0 saturated carbocycles. The number of aromatic nitrogens is 1. The number of hydrogen-bond acceptors (Lipinski definition) is 6. The van der Waals surface area contributed by atoms with Gasteiger partial charge in [0.15, 0.2) is 4.90 Å². The van der Waals surface area contributed by atoms with E-state index in [2.05, 4.69) is 15.0 Å². The van der Waals surface area contributed by atoms with Crippen molar-refractivity contribution in [2.75, 3.05) is 17.1 Å².